The second kappa shape index (κ2) is 10.1. The van der Waals surface area contributed by atoms with Gasteiger partial charge < -0.3 is 10.1 Å². The third kappa shape index (κ3) is 6.02. The van der Waals surface area contributed by atoms with E-state index in [0.717, 1.165) is 5.56 Å². The smallest absolute Gasteiger partial charge is 0.265 e. The summed E-state index contributed by atoms with van der Waals surface area (Å²) in [4.78, 5) is 12.6. The summed E-state index contributed by atoms with van der Waals surface area (Å²) in [5, 5.41) is 3.26. The summed E-state index contributed by atoms with van der Waals surface area (Å²) in [5.74, 6) is 0.593. The molecular formula is C24H25ClN2O4S. The third-order valence-corrected chi connectivity index (χ3v) is 6.39. The van der Waals surface area contributed by atoms with Gasteiger partial charge in [0.2, 0.25) is 0 Å². The van der Waals surface area contributed by atoms with Crippen LogP contribution in [0.25, 0.3) is 0 Å². The third-order valence-electron chi connectivity index (χ3n) is 4.74. The van der Waals surface area contributed by atoms with Crippen molar-refractivity contribution in [3.8, 4) is 5.75 Å². The van der Waals surface area contributed by atoms with E-state index in [-0.39, 0.29) is 16.7 Å². The highest BCUT2D eigenvalue weighted by Crippen LogP contribution is 2.27. The molecule has 0 aliphatic carbocycles. The molecule has 1 atom stereocenters. The summed E-state index contributed by atoms with van der Waals surface area (Å²) in [6.45, 7) is 5.79. The zero-order valence-corrected chi connectivity index (χ0v) is 19.6. The number of anilines is 2. The average molecular weight is 473 g/mol. The lowest BCUT2D eigenvalue weighted by Crippen LogP contribution is -2.30. The second-order valence-electron chi connectivity index (χ2n) is 7.58. The van der Waals surface area contributed by atoms with Crippen molar-refractivity contribution >= 4 is 38.9 Å². The minimum atomic E-state index is -3.77. The molecule has 0 bridgehead atoms. The van der Waals surface area contributed by atoms with E-state index in [9.17, 15) is 13.2 Å². The monoisotopic (exact) mass is 472 g/mol. The van der Waals surface area contributed by atoms with E-state index in [1.807, 2.05) is 24.3 Å². The highest BCUT2D eigenvalue weighted by atomic mass is 35.5. The van der Waals surface area contributed by atoms with Crippen molar-refractivity contribution in [1.82, 2.24) is 0 Å². The molecule has 0 unspecified atom stereocenters. The Balaban J connectivity index is 1.64. The van der Waals surface area contributed by atoms with Crippen LogP contribution in [0.5, 0.6) is 5.75 Å². The lowest BCUT2D eigenvalue weighted by atomic mass is 10.0. The number of rotatable bonds is 8. The second-order valence-corrected chi connectivity index (χ2v) is 9.70. The molecule has 1 amide bonds. The highest BCUT2D eigenvalue weighted by molar-refractivity contribution is 7.92. The summed E-state index contributed by atoms with van der Waals surface area (Å²) >= 11 is 5.83. The van der Waals surface area contributed by atoms with Crippen LogP contribution in [0.4, 0.5) is 11.4 Å². The SMILES string of the molecule is CC(C)c1ccccc1O[C@H](C)C(=O)Nc1ccc(S(=O)(=O)Nc2ccc(Cl)cc2)cc1. The predicted molar refractivity (Wildman–Crippen MR) is 128 cm³/mol. The van der Waals surface area contributed by atoms with Crippen LogP contribution in [0.1, 0.15) is 32.3 Å². The first-order valence-electron chi connectivity index (χ1n) is 10.1. The van der Waals surface area contributed by atoms with Gasteiger partial charge in [-0.1, -0.05) is 43.6 Å². The Kier molecular flexibility index (Phi) is 7.43. The summed E-state index contributed by atoms with van der Waals surface area (Å²) < 4.78 is 33.5. The zero-order valence-electron chi connectivity index (χ0n) is 18.0. The van der Waals surface area contributed by atoms with E-state index >= 15 is 0 Å². The summed E-state index contributed by atoms with van der Waals surface area (Å²) in [7, 11) is -3.77. The van der Waals surface area contributed by atoms with Crippen molar-refractivity contribution in [2.24, 2.45) is 0 Å². The molecule has 3 aromatic rings. The van der Waals surface area contributed by atoms with Gasteiger partial charge in [0.15, 0.2) is 6.10 Å². The number of hydrogen-bond acceptors (Lipinski definition) is 4. The molecule has 0 fully saturated rings. The highest BCUT2D eigenvalue weighted by Gasteiger charge is 2.18. The van der Waals surface area contributed by atoms with Gasteiger partial charge >= 0.3 is 0 Å². The molecule has 8 heteroatoms. The van der Waals surface area contributed by atoms with E-state index in [1.165, 1.54) is 24.3 Å². The minimum Gasteiger partial charge on any atom is -0.481 e. The first-order valence-corrected chi connectivity index (χ1v) is 12.0. The minimum absolute atomic E-state index is 0.0700. The maximum Gasteiger partial charge on any atom is 0.265 e. The Labute approximate surface area is 193 Å². The van der Waals surface area contributed by atoms with E-state index in [4.69, 9.17) is 16.3 Å². The van der Waals surface area contributed by atoms with Crippen LogP contribution >= 0.6 is 11.6 Å². The van der Waals surface area contributed by atoms with Crippen LogP contribution < -0.4 is 14.8 Å². The molecule has 3 rings (SSSR count). The number of sulfonamides is 1. The molecule has 0 spiro atoms. The van der Waals surface area contributed by atoms with Crippen molar-refractivity contribution in [1.29, 1.82) is 0 Å². The maximum absolute atomic E-state index is 12.6. The molecule has 0 aliphatic rings. The maximum atomic E-state index is 12.6. The van der Waals surface area contributed by atoms with E-state index < -0.39 is 16.1 Å². The predicted octanol–water partition coefficient (Wildman–Crippen LogP) is 5.67. The normalized spacial score (nSPS) is 12.3. The lowest BCUT2D eigenvalue weighted by Gasteiger charge is -2.18. The quantitative estimate of drug-likeness (QED) is 0.442. The van der Waals surface area contributed by atoms with Crippen LogP contribution in [0.2, 0.25) is 5.02 Å². The average Bonchev–Trinajstić information content (AvgIpc) is 2.76. The van der Waals surface area contributed by atoms with Gasteiger partial charge in [0.1, 0.15) is 5.75 Å². The van der Waals surface area contributed by atoms with Gasteiger partial charge in [-0.25, -0.2) is 8.42 Å². The first-order chi connectivity index (χ1) is 15.2. The molecule has 2 N–H and O–H groups in total. The molecular weight excluding hydrogens is 448 g/mol. The first kappa shape index (κ1) is 23.6. The molecule has 0 aromatic heterocycles. The fraction of sp³-hybridized carbons (Fsp3) is 0.208. The molecule has 0 heterocycles. The number of hydrogen-bond donors (Lipinski definition) is 2. The zero-order chi connectivity index (χ0) is 23.3. The number of para-hydroxylation sites is 1. The topological polar surface area (TPSA) is 84.5 Å². The van der Waals surface area contributed by atoms with Crippen molar-refractivity contribution in [2.45, 2.75) is 37.7 Å². The summed E-state index contributed by atoms with van der Waals surface area (Å²) in [6.07, 6.45) is -0.732. The number of amides is 1. The molecule has 6 nitrogen and oxygen atoms in total. The van der Waals surface area contributed by atoms with Gasteiger partial charge in [0.05, 0.1) is 4.90 Å². The van der Waals surface area contributed by atoms with Gasteiger partial charge in [0, 0.05) is 16.4 Å². The van der Waals surface area contributed by atoms with Gasteiger partial charge in [-0.15, -0.1) is 0 Å². The fourth-order valence-corrected chi connectivity index (χ4v) is 4.19. The largest absolute Gasteiger partial charge is 0.481 e. The van der Waals surface area contributed by atoms with Crippen molar-refractivity contribution in [3.05, 3.63) is 83.4 Å². The molecule has 0 aliphatic heterocycles. The molecule has 0 saturated carbocycles. The number of halogens is 1. The van der Waals surface area contributed by atoms with Crippen LogP contribution in [0.15, 0.2) is 77.7 Å². The lowest BCUT2D eigenvalue weighted by molar-refractivity contribution is -0.122. The van der Waals surface area contributed by atoms with Gasteiger partial charge in [-0.2, -0.15) is 0 Å². The van der Waals surface area contributed by atoms with Crippen LogP contribution in [-0.4, -0.2) is 20.4 Å². The van der Waals surface area contributed by atoms with Crippen molar-refractivity contribution < 1.29 is 17.9 Å². The van der Waals surface area contributed by atoms with Crippen molar-refractivity contribution in [3.63, 3.8) is 0 Å². The van der Waals surface area contributed by atoms with Gasteiger partial charge in [0.25, 0.3) is 15.9 Å². The number of carbonyl (C=O) groups excluding carboxylic acids is 1. The standard InChI is InChI=1S/C24H25ClN2O4S/c1-16(2)22-6-4-5-7-23(22)31-17(3)24(28)26-19-12-14-21(15-13-19)32(29,30)27-20-10-8-18(25)9-11-20/h4-17,27H,1-3H3,(H,26,28)/t17-/m1/s1. The van der Waals surface area contributed by atoms with Crippen LogP contribution in [-0.2, 0) is 14.8 Å². The van der Waals surface area contributed by atoms with Gasteiger partial charge in [-0.3, -0.25) is 9.52 Å². The van der Waals surface area contributed by atoms with Crippen LogP contribution in [0, 0.1) is 0 Å². The molecule has 32 heavy (non-hydrogen) atoms. The Bertz CT molecular complexity index is 1180. The van der Waals surface area contributed by atoms with E-state index in [0.29, 0.717) is 22.1 Å². The molecule has 0 radical (unpaired) electrons. The Morgan fingerprint density at radius 1 is 0.875 bits per heavy atom. The fourth-order valence-electron chi connectivity index (χ4n) is 3.00. The van der Waals surface area contributed by atoms with E-state index in [1.54, 1.807) is 31.2 Å². The van der Waals surface area contributed by atoms with Crippen molar-refractivity contribution in [2.75, 3.05) is 10.0 Å². The summed E-state index contributed by atoms with van der Waals surface area (Å²) in [6, 6.07) is 19.9. The van der Waals surface area contributed by atoms with E-state index in [2.05, 4.69) is 23.9 Å². The summed E-state index contributed by atoms with van der Waals surface area (Å²) in [5.41, 5.74) is 1.89. The van der Waals surface area contributed by atoms with Crippen LogP contribution in [0.3, 0.4) is 0 Å². The number of ether oxygens (including phenoxy) is 1. The Morgan fingerprint density at radius 2 is 1.47 bits per heavy atom. The Hall–Kier alpha value is -3.03. The molecule has 0 saturated heterocycles. The number of benzene rings is 3. The van der Waals surface area contributed by atoms with Gasteiger partial charge in [-0.05, 0) is 73.0 Å². The number of nitrogens with one attached hydrogen (secondary N) is 2. The molecule has 168 valence electrons. The number of carbonyl (C=O) groups is 1. The Morgan fingerprint density at radius 3 is 2.09 bits per heavy atom. The molecule has 3 aromatic carbocycles.